The standard InChI is InChI=1S/C33H31ClFN5O2S/c1-40(2)17-7-12-28(41)38-26-15-13-24(14-16-26)31-30(34)29-32(36-21-37-33(29)43-31)39-27(23-9-4-3-5-10-23)20-42-19-22-8-6-11-25(35)18-22/h3-16,18,21,27H,17,19-20H2,1-2H3,(H,38,41)(H,36,37,39)/t27-/m1/s1. The minimum absolute atomic E-state index is 0.187. The zero-order chi connectivity index (χ0) is 30.2. The molecule has 2 N–H and O–H groups in total. The number of thiophene rings is 1. The van der Waals surface area contributed by atoms with Gasteiger partial charge in [0.25, 0.3) is 0 Å². The molecule has 5 aromatic rings. The second-order valence-electron chi connectivity index (χ2n) is 10.1. The van der Waals surface area contributed by atoms with Crippen molar-refractivity contribution in [2.75, 3.05) is 37.9 Å². The fourth-order valence-electron chi connectivity index (χ4n) is 4.45. The lowest BCUT2D eigenvalue weighted by Gasteiger charge is -2.20. The molecule has 2 aromatic heterocycles. The second kappa shape index (κ2) is 14.3. The predicted octanol–water partition coefficient (Wildman–Crippen LogP) is 7.58. The van der Waals surface area contributed by atoms with Crippen LogP contribution in [0.15, 0.2) is 97.3 Å². The van der Waals surface area contributed by atoms with Crippen molar-refractivity contribution in [2.24, 2.45) is 0 Å². The molecular weight excluding hydrogens is 585 g/mol. The molecule has 220 valence electrons. The first-order valence-corrected chi connectivity index (χ1v) is 14.9. The Hall–Kier alpha value is -4.15. The summed E-state index contributed by atoms with van der Waals surface area (Å²) < 4.78 is 19.6. The molecular formula is C33H31ClFN5O2S. The van der Waals surface area contributed by atoms with Crippen LogP contribution in [0.2, 0.25) is 5.02 Å². The van der Waals surface area contributed by atoms with Gasteiger partial charge in [0.05, 0.1) is 34.5 Å². The van der Waals surface area contributed by atoms with E-state index in [-0.39, 0.29) is 24.4 Å². The summed E-state index contributed by atoms with van der Waals surface area (Å²) in [5.41, 5.74) is 3.35. The molecule has 1 atom stereocenters. The van der Waals surface area contributed by atoms with E-state index in [1.54, 1.807) is 6.07 Å². The number of carbonyl (C=O) groups excluding carboxylic acids is 1. The summed E-state index contributed by atoms with van der Waals surface area (Å²) in [6.07, 6.45) is 4.85. The number of hydrogen-bond donors (Lipinski definition) is 2. The van der Waals surface area contributed by atoms with Gasteiger partial charge in [0, 0.05) is 18.3 Å². The molecule has 5 rings (SSSR count). The van der Waals surface area contributed by atoms with E-state index in [0.29, 0.717) is 29.7 Å². The Morgan fingerprint density at radius 3 is 2.60 bits per heavy atom. The van der Waals surface area contributed by atoms with Crippen LogP contribution in [0, 0.1) is 5.82 Å². The summed E-state index contributed by atoms with van der Waals surface area (Å²) in [6.45, 7) is 1.27. The summed E-state index contributed by atoms with van der Waals surface area (Å²) in [5, 5.41) is 7.65. The molecule has 10 heteroatoms. The number of halogens is 2. The number of ether oxygens (including phenoxy) is 1. The predicted molar refractivity (Wildman–Crippen MR) is 173 cm³/mol. The Morgan fingerprint density at radius 2 is 1.86 bits per heavy atom. The summed E-state index contributed by atoms with van der Waals surface area (Å²) in [7, 11) is 3.89. The van der Waals surface area contributed by atoms with E-state index in [0.717, 1.165) is 31.8 Å². The monoisotopic (exact) mass is 615 g/mol. The number of fused-ring (bicyclic) bond motifs is 1. The highest BCUT2D eigenvalue weighted by molar-refractivity contribution is 7.22. The first-order chi connectivity index (χ1) is 20.9. The van der Waals surface area contributed by atoms with Crippen LogP contribution in [0.4, 0.5) is 15.9 Å². The lowest BCUT2D eigenvalue weighted by Crippen LogP contribution is -2.18. The van der Waals surface area contributed by atoms with Gasteiger partial charge in [-0.25, -0.2) is 14.4 Å². The van der Waals surface area contributed by atoms with Crippen molar-refractivity contribution < 1.29 is 13.9 Å². The maximum atomic E-state index is 13.6. The van der Waals surface area contributed by atoms with Gasteiger partial charge in [-0.3, -0.25) is 4.79 Å². The molecule has 0 fully saturated rings. The number of anilines is 2. The molecule has 0 spiro atoms. The van der Waals surface area contributed by atoms with Crippen molar-refractivity contribution in [3.63, 3.8) is 0 Å². The quantitative estimate of drug-likeness (QED) is 0.141. The number of nitrogens with zero attached hydrogens (tertiary/aromatic N) is 3. The number of benzene rings is 3. The van der Waals surface area contributed by atoms with Crippen molar-refractivity contribution in [1.82, 2.24) is 14.9 Å². The second-order valence-corrected chi connectivity index (χ2v) is 11.5. The molecule has 7 nitrogen and oxygen atoms in total. The van der Waals surface area contributed by atoms with Gasteiger partial charge in [-0.05, 0) is 55.1 Å². The average molecular weight is 616 g/mol. The molecule has 0 aliphatic rings. The average Bonchev–Trinajstić information content (AvgIpc) is 3.34. The van der Waals surface area contributed by atoms with E-state index in [9.17, 15) is 9.18 Å². The molecule has 0 aliphatic carbocycles. The molecule has 0 saturated heterocycles. The zero-order valence-corrected chi connectivity index (χ0v) is 25.3. The number of hydrogen-bond acceptors (Lipinski definition) is 7. The van der Waals surface area contributed by atoms with E-state index in [1.807, 2.05) is 85.7 Å². The van der Waals surface area contributed by atoms with Crippen molar-refractivity contribution in [3.05, 3.63) is 119 Å². The van der Waals surface area contributed by atoms with Gasteiger partial charge in [-0.15, -0.1) is 11.3 Å². The summed E-state index contributed by atoms with van der Waals surface area (Å²) in [5.74, 6) is 0.111. The van der Waals surface area contributed by atoms with Gasteiger partial charge in [0.1, 0.15) is 22.8 Å². The number of rotatable bonds is 12. The number of likely N-dealkylation sites (N-methyl/N-ethyl adjacent to an activating group) is 1. The van der Waals surface area contributed by atoms with Crippen LogP contribution in [0.25, 0.3) is 20.7 Å². The van der Waals surface area contributed by atoms with Crippen LogP contribution in [0.5, 0.6) is 0 Å². The van der Waals surface area contributed by atoms with E-state index < -0.39 is 0 Å². The topological polar surface area (TPSA) is 79.4 Å². The van der Waals surface area contributed by atoms with Crippen molar-refractivity contribution in [3.8, 4) is 10.4 Å². The molecule has 0 aliphatic heterocycles. The third-order valence-corrected chi connectivity index (χ3v) is 8.18. The SMILES string of the molecule is CN(C)CC=CC(=O)Nc1ccc(-c2sc3ncnc(N[C@H](COCc4cccc(F)c4)c4ccccc4)c3c2Cl)cc1. The van der Waals surface area contributed by atoms with Gasteiger partial charge < -0.3 is 20.3 Å². The van der Waals surface area contributed by atoms with Crippen LogP contribution < -0.4 is 10.6 Å². The zero-order valence-electron chi connectivity index (χ0n) is 23.8. The number of nitrogens with one attached hydrogen (secondary N) is 2. The first-order valence-electron chi connectivity index (χ1n) is 13.7. The van der Waals surface area contributed by atoms with Crippen molar-refractivity contribution in [2.45, 2.75) is 12.6 Å². The molecule has 3 aromatic carbocycles. The largest absolute Gasteiger partial charge is 0.374 e. The minimum atomic E-state index is -0.294. The Balaban J connectivity index is 1.35. The Morgan fingerprint density at radius 1 is 1.07 bits per heavy atom. The highest BCUT2D eigenvalue weighted by Crippen LogP contribution is 2.44. The van der Waals surface area contributed by atoms with Gasteiger partial charge in [0.15, 0.2) is 0 Å². The number of aromatic nitrogens is 2. The van der Waals surface area contributed by atoms with Gasteiger partial charge in [-0.1, -0.05) is 72.3 Å². The summed E-state index contributed by atoms with van der Waals surface area (Å²) in [6, 6.07) is 23.6. The van der Waals surface area contributed by atoms with Crippen LogP contribution in [0.3, 0.4) is 0 Å². The van der Waals surface area contributed by atoms with E-state index >= 15 is 0 Å². The Kier molecular flexibility index (Phi) is 10.1. The molecule has 2 heterocycles. The third-order valence-electron chi connectivity index (χ3n) is 6.54. The smallest absolute Gasteiger partial charge is 0.248 e. The minimum Gasteiger partial charge on any atom is -0.374 e. The normalized spacial score (nSPS) is 12.2. The lowest BCUT2D eigenvalue weighted by atomic mass is 10.1. The maximum Gasteiger partial charge on any atom is 0.248 e. The Labute approximate surface area is 259 Å². The molecule has 0 saturated carbocycles. The molecule has 0 bridgehead atoms. The van der Waals surface area contributed by atoms with E-state index in [4.69, 9.17) is 16.3 Å². The highest BCUT2D eigenvalue weighted by atomic mass is 35.5. The number of amides is 1. The first kappa shape index (κ1) is 30.3. The van der Waals surface area contributed by atoms with Crippen molar-refractivity contribution >= 4 is 50.6 Å². The van der Waals surface area contributed by atoms with Crippen LogP contribution in [-0.2, 0) is 16.1 Å². The molecule has 43 heavy (non-hydrogen) atoms. The molecule has 1 amide bonds. The van der Waals surface area contributed by atoms with Crippen molar-refractivity contribution in [1.29, 1.82) is 0 Å². The lowest BCUT2D eigenvalue weighted by molar-refractivity contribution is -0.111. The Bertz CT molecular complexity index is 1710. The molecule has 0 radical (unpaired) electrons. The van der Waals surface area contributed by atoms with Gasteiger partial charge in [-0.2, -0.15) is 0 Å². The van der Waals surface area contributed by atoms with E-state index in [1.165, 1.54) is 35.9 Å². The van der Waals surface area contributed by atoms with Crippen LogP contribution in [-0.4, -0.2) is 48.0 Å². The fraction of sp³-hybridized carbons (Fsp3) is 0.182. The molecule has 0 unspecified atom stereocenters. The third kappa shape index (κ3) is 8.03. The van der Waals surface area contributed by atoms with Gasteiger partial charge >= 0.3 is 0 Å². The number of carbonyl (C=O) groups is 1. The van der Waals surface area contributed by atoms with E-state index in [2.05, 4.69) is 20.6 Å². The summed E-state index contributed by atoms with van der Waals surface area (Å²) >= 11 is 8.44. The van der Waals surface area contributed by atoms with Crippen LogP contribution >= 0.6 is 22.9 Å². The maximum absolute atomic E-state index is 13.6. The fourth-order valence-corrected chi connectivity index (χ4v) is 5.95. The van der Waals surface area contributed by atoms with Gasteiger partial charge in [0.2, 0.25) is 5.91 Å². The highest BCUT2D eigenvalue weighted by Gasteiger charge is 2.20. The van der Waals surface area contributed by atoms with Crippen LogP contribution in [0.1, 0.15) is 17.2 Å². The summed E-state index contributed by atoms with van der Waals surface area (Å²) in [4.78, 5) is 24.8.